The number of quaternary nitrogens is 1. The third kappa shape index (κ3) is 1.91. The van der Waals surface area contributed by atoms with E-state index in [1.165, 1.54) is 0 Å². The van der Waals surface area contributed by atoms with Gasteiger partial charge in [-0.05, 0) is 6.07 Å². The number of aldehydes is 1. The monoisotopic (exact) mass is 263 g/mol. The molecule has 0 saturated carbocycles. The zero-order valence-corrected chi connectivity index (χ0v) is 10.1. The van der Waals surface area contributed by atoms with Crippen LogP contribution in [0.4, 0.5) is 5.69 Å². The highest BCUT2D eigenvalue weighted by atomic mass is 35.5. The second kappa shape index (κ2) is 4.54. The fraction of sp³-hybridized carbons (Fsp3) is 0.100. The first-order valence-electron chi connectivity index (χ1n) is 4.14. The van der Waals surface area contributed by atoms with Crippen molar-refractivity contribution in [2.75, 3.05) is 7.05 Å². The van der Waals surface area contributed by atoms with Crippen LogP contribution in [0, 0.1) is 0 Å². The molecule has 80 valence electrons. The summed E-state index contributed by atoms with van der Waals surface area (Å²) in [5, 5.41) is 1.03. The topological polar surface area (TPSA) is 21.5 Å². The lowest BCUT2D eigenvalue weighted by molar-refractivity contribution is -0.756. The van der Waals surface area contributed by atoms with Gasteiger partial charge in [0.15, 0.2) is 5.70 Å². The Morgan fingerprint density at radius 1 is 1.33 bits per heavy atom. The van der Waals surface area contributed by atoms with E-state index < -0.39 is 0 Å². The number of benzene rings is 1. The van der Waals surface area contributed by atoms with E-state index in [1.807, 2.05) is 13.1 Å². The van der Waals surface area contributed by atoms with Crippen molar-refractivity contribution < 1.29 is 22.1 Å². The van der Waals surface area contributed by atoms with Crippen molar-refractivity contribution in [1.29, 1.82) is 0 Å². The molecule has 0 fully saturated rings. The maximum absolute atomic E-state index is 10.7. The molecule has 1 atom stereocenters. The van der Waals surface area contributed by atoms with Crippen molar-refractivity contribution in [3.8, 4) is 0 Å². The van der Waals surface area contributed by atoms with Crippen LogP contribution in [0.3, 0.4) is 0 Å². The Morgan fingerprint density at radius 3 is 2.60 bits per heavy atom. The van der Waals surface area contributed by atoms with Crippen LogP contribution in [-0.2, 0) is 4.79 Å². The zero-order chi connectivity index (χ0) is 10.3. The van der Waals surface area contributed by atoms with Gasteiger partial charge in [0.2, 0.25) is 6.29 Å². The Bertz CT molecular complexity index is 443. The molecule has 0 saturated heterocycles. The maximum Gasteiger partial charge on any atom is 0.203 e. The van der Waals surface area contributed by atoms with E-state index in [2.05, 4.69) is 0 Å². The maximum atomic E-state index is 10.7. The van der Waals surface area contributed by atoms with Gasteiger partial charge in [0.05, 0.1) is 22.7 Å². The molecular formula is C10H8Cl3NO. The molecule has 1 aromatic rings. The minimum atomic E-state index is 0. The first-order valence-corrected chi connectivity index (χ1v) is 4.90. The summed E-state index contributed by atoms with van der Waals surface area (Å²) in [6.07, 6.45) is 2.60. The minimum absolute atomic E-state index is 0. The number of halogens is 3. The predicted molar refractivity (Wildman–Crippen MR) is 57.0 cm³/mol. The van der Waals surface area contributed by atoms with Crippen LogP contribution >= 0.6 is 23.2 Å². The van der Waals surface area contributed by atoms with Crippen LogP contribution < -0.4 is 17.3 Å². The molecular weight excluding hydrogens is 256 g/mol. The summed E-state index contributed by atoms with van der Waals surface area (Å²) in [5.41, 5.74) is 2.50. The third-order valence-corrected chi connectivity index (χ3v) is 3.22. The van der Waals surface area contributed by atoms with Gasteiger partial charge in [-0.1, -0.05) is 23.2 Å². The first kappa shape index (κ1) is 12.5. The summed E-state index contributed by atoms with van der Waals surface area (Å²) in [6.45, 7) is 0. The van der Waals surface area contributed by atoms with Crippen molar-refractivity contribution in [1.82, 2.24) is 0 Å². The molecule has 5 heteroatoms. The summed E-state index contributed by atoms with van der Waals surface area (Å²) in [4.78, 5) is 11.7. The molecule has 0 aliphatic carbocycles. The van der Waals surface area contributed by atoms with Crippen LogP contribution in [0.5, 0.6) is 0 Å². The van der Waals surface area contributed by atoms with Crippen LogP contribution in [0.2, 0.25) is 10.0 Å². The van der Waals surface area contributed by atoms with Gasteiger partial charge in [0.25, 0.3) is 0 Å². The Hall–Kier alpha value is -0.540. The fourth-order valence-corrected chi connectivity index (χ4v) is 1.96. The second-order valence-electron chi connectivity index (χ2n) is 3.17. The van der Waals surface area contributed by atoms with Gasteiger partial charge in [-0.25, -0.2) is 0 Å². The standard InChI is InChI=1S/C10H7Cl2NO.ClH/c1-13-6(5-14)4-7-9(13)3-2-8(11)10(7)12;/h2-5H,1H3;1H. The molecule has 2 rings (SSSR count). The molecule has 1 heterocycles. The van der Waals surface area contributed by atoms with Gasteiger partial charge >= 0.3 is 0 Å². The Kier molecular flexibility index (Phi) is 3.79. The average molecular weight is 265 g/mol. The molecule has 0 aromatic heterocycles. The molecule has 0 bridgehead atoms. The SMILES string of the molecule is C[NH+]1C(C=O)=Cc2c1ccc(Cl)c2Cl.[Cl-]. The molecule has 1 aliphatic heterocycles. The van der Waals surface area contributed by atoms with Crippen molar-refractivity contribution in [2.45, 2.75) is 0 Å². The predicted octanol–water partition coefficient (Wildman–Crippen LogP) is -1.30. The van der Waals surface area contributed by atoms with Gasteiger partial charge in [-0.3, -0.25) is 9.69 Å². The van der Waals surface area contributed by atoms with E-state index in [4.69, 9.17) is 23.2 Å². The summed E-state index contributed by atoms with van der Waals surface area (Å²) < 4.78 is 0. The van der Waals surface area contributed by atoms with Crippen molar-refractivity contribution in [3.63, 3.8) is 0 Å². The minimum Gasteiger partial charge on any atom is -1.00 e. The first-order chi connectivity index (χ1) is 6.65. The number of hydrogen-bond acceptors (Lipinski definition) is 1. The van der Waals surface area contributed by atoms with Crippen LogP contribution in [0.25, 0.3) is 6.08 Å². The van der Waals surface area contributed by atoms with Crippen molar-refractivity contribution in [2.24, 2.45) is 0 Å². The van der Waals surface area contributed by atoms with E-state index >= 15 is 0 Å². The average Bonchev–Trinajstić information content (AvgIpc) is 2.50. The van der Waals surface area contributed by atoms with E-state index in [1.54, 1.807) is 12.1 Å². The molecule has 1 aliphatic rings. The molecule has 1 aromatic carbocycles. The number of hydrogen-bond donors (Lipinski definition) is 1. The highest BCUT2D eigenvalue weighted by molar-refractivity contribution is 6.43. The highest BCUT2D eigenvalue weighted by Gasteiger charge is 2.26. The van der Waals surface area contributed by atoms with Crippen LogP contribution in [0.15, 0.2) is 17.8 Å². The lowest BCUT2D eigenvalue weighted by atomic mass is 10.2. The zero-order valence-electron chi connectivity index (χ0n) is 7.85. The Morgan fingerprint density at radius 2 is 2.00 bits per heavy atom. The quantitative estimate of drug-likeness (QED) is 0.626. The van der Waals surface area contributed by atoms with Crippen molar-refractivity contribution >= 4 is 41.3 Å². The normalized spacial score (nSPS) is 17.8. The fourth-order valence-electron chi connectivity index (χ4n) is 1.58. The van der Waals surface area contributed by atoms with E-state index in [0.717, 1.165) is 22.4 Å². The van der Waals surface area contributed by atoms with Gasteiger partial charge in [-0.2, -0.15) is 0 Å². The number of allylic oxidation sites excluding steroid dienone is 1. The molecule has 1 unspecified atom stereocenters. The van der Waals surface area contributed by atoms with Crippen LogP contribution in [0.1, 0.15) is 5.56 Å². The van der Waals surface area contributed by atoms with E-state index in [-0.39, 0.29) is 12.4 Å². The molecule has 0 amide bonds. The Labute approximate surface area is 104 Å². The van der Waals surface area contributed by atoms with E-state index in [0.29, 0.717) is 15.7 Å². The molecule has 15 heavy (non-hydrogen) atoms. The van der Waals surface area contributed by atoms with Crippen molar-refractivity contribution in [3.05, 3.63) is 33.4 Å². The Balaban J connectivity index is 0.00000112. The lowest BCUT2D eigenvalue weighted by Crippen LogP contribution is -3.01. The summed E-state index contributed by atoms with van der Waals surface area (Å²) in [7, 11) is 1.90. The van der Waals surface area contributed by atoms with Gasteiger partial charge in [-0.15, -0.1) is 0 Å². The molecule has 0 radical (unpaired) electrons. The van der Waals surface area contributed by atoms with Gasteiger partial charge < -0.3 is 12.4 Å². The number of nitrogens with one attached hydrogen (secondary N) is 1. The number of rotatable bonds is 1. The summed E-state index contributed by atoms with van der Waals surface area (Å²) in [5.74, 6) is 0. The largest absolute Gasteiger partial charge is 1.00 e. The van der Waals surface area contributed by atoms with Crippen LogP contribution in [-0.4, -0.2) is 13.3 Å². The smallest absolute Gasteiger partial charge is 0.203 e. The number of carbonyl (C=O) groups is 1. The van der Waals surface area contributed by atoms with Gasteiger partial charge in [0.1, 0.15) is 5.69 Å². The molecule has 1 N–H and O–H groups in total. The number of likely N-dealkylation sites (N-methyl/N-ethyl adjacent to an activating group) is 1. The third-order valence-electron chi connectivity index (χ3n) is 2.40. The van der Waals surface area contributed by atoms with E-state index in [9.17, 15) is 4.79 Å². The summed E-state index contributed by atoms with van der Waals surface area (Å²) >= 11 is 11.9. The highest BCUT2D eigenvalue weighted by Crippen LogP contribution is 2.33. The second-order valence-corrected chi connectivity index (χ2v) is 3.95. The number of carbonyl (C=O) groups excluding carboxylic acids is 1. The van der Waals surface area contributed by atoms with Gasteiger partial charge in [0, 0.05) is 12.1 Å². The molecule has 2 nitrogen and oxygen atoms in total. The summed E-state index contributed by atoms with van der Waals surface area (Å²) in [6, 6.07) is 3.62. The number of fused-ring (bicyclic) bond motifs is 1. The molecule has 0 spiro atoms. The lowest BCUT2D eigenvalue weighted by Gasteiger charge is -2.08.